The number of carboxylic acid groups (broad SMARTS) is 1. The smallest absolute Gasteiger partial charge is 0.409 e. The molecule has 0 aliphatic carbocycles. The lowest BCUT2D eigenvalue weighted by Crippen LogP contribution is -2.08. The number of hydrogen-bond acceptors (Lipinski definition) is 1. The highest BCUT2D eigenvalue weighted by Crippen LogP contribution is 2.24. The van der Waals surface area contributed by atoms with Gasteiger partial charge in [-0.2, -0.15) is 0 Å². The first-order valence-corrected chi connectivity index (χ1v) is 3.84. The Bertz CT molecular complexity index is 354. The van der Waals surface area contributed by atoms with Gasteiger partial charge >= 0.3 is 6.09 Å². The second-order valence-corrected chi connectivity index (χ2v) is 2.92. The third-order valence-electron chi connectivity index (χ3n) is 1.49. The van der Waals surface area contributed by atoms with E-state index >= 15 is 0 Å². The number of rotatable bonds is 1. The Hall–Kier alpha value is -1.29. The minimum absolute atomic E-state index is 0.0530. The second kappa shape index (κ2) is 3.62. The van der Waals surface area contributed by atoms with E-state index in [1.54, 1.807) is 6.92 Å². The summed E-state index contributed by atoms with van der Waals surface area (Å²) in [4.78, 5) is 10.2. The van der Waals surface area contributed by atoms with Crippen LogP contribution in [0.3, 0.4) is 0 Å². The first-order valence-electron chi connectivity index (χ1n) is 3.46. The molecule has 0 fully saturated rings. The Morgan fingerprint density at radius 2 is 2.23 bits per heavy atom. The molecule has 0 spiro atoms. The van der Waals surface area contributed by atoms with Crippen molar-refractivity contribution in [2.75, 3.05) is 5.32 Å². The van der Waals surface area contributed by atoms with Crippen LogP contribution in [0.5, 0.6) is 0 Å². The molecule has 3 nitrogen and oxygen atoms in total. The highest BCUT2D eigenvalue weighted by atomic mass is 35.5. The van der Waals surface area contributed by atoms with Crippen molar-refractivity contribution >= 4 is 23.4 Å². The summed E-state index contributed by atoms with van der Waals surface area (Å²) in [7, 11) is 0. The van der Waals surface area contributed by atoms with E-state index in [0.717, 1.165) is 6.07 Å². The van der Waals surface area contributed by atoms with Gasteiger partial charge < -0.3 is 5.11 Å². The van der Waals surface area contributed by atoms with Crippen LogP contribution in [-0.4, -0.2) is 11.2 Å². The van der Waals surface area contributed by atoms with Crippen LogP contribution in [-0.2, 0) is 0 Å². The molecule has 5 heteroatoms. The largest absolute Gasteiger partial charge is 0.465 e. The first-order chi connectivity index (χ1) is 6.00. The molecule has 0 aliphatic heterocycles. The summed E-state index contributed by atoms with van der Waals surface area (Å²) < 4.78 is 12.9. The van der Waals surface area contributed by atoms with Crippen LogP contribution in [0.25, 0.3) is 0 Å². The molecule has 1 amide bonds. The normalized spacial score (nSPS) is 9.77. The van der Waals surface area contributed by atoms with Crippen molar-refractivity contribution in [3.63, 3.8) is 0 Å². The van der Waals surface area contributed by atoms with Crippen LogP contribution in [0, 0.1) is 12.7 Å². The second-order valence-electron chi connectivity index (χ2n) is 2.51. The van der Waals surface area contributed by atoms with Gasteiger partial charge in [-0.05, 0) is 24.6 Å². The minimum Gasteiger partial charge on any atom is -0.465 e. The minimum atomic E-state index is -1.27. The SMILES string of the molecule is Cc1cc(Cl)c(NC(=O)O)cc1F. The lowest BCUT2D eigenvalue weighted by atomic mass is 10.2. The van der Waals surface area contributed by atoms with E-state index in [1.165, 1.54) is 6.07 Å². The van der Waals surface area contributed by atoms with Crippen LogP contribution >= 0.6 is 11.6 Å². The third kappa shape index (κ3) is 2.32. The number of nitrogens with one attached hydrogen (secondary N) is 1. The van der Waals surface area contributed by atoms with E-state index < -0.39 is 11.9 Å². The molecule has 0 saturated carbocycles. The first kappa shape index (κ1) is 9.80. The van der Waals surface area contributed by atoms with Crippen LogP contribution < -0.4 is 5.32 Å². The molecule has 1 aromatic rings. The Balaban J connectivity index is 3.08. The summed E-state index contributed by atoms with van der Waals surface area (Å²) in [5, 5.41) is 10.5. The number of hydrogen-bond donors (Lipinski definition) is 2. The number of aryl methyl sites for hydroxylation is 1. The molecule has 1 aromatic carbocycles. The van der Waals surface area contributed by atoms with Crippen LogP contribution in [0.2, 0.25) is 5.02 Å². The Morgan fingerprint density at radius 3 is 2.77 bits per heavy atom. The summed E-state index contributed by atoms with van der Waals surface area (Å²) in [5.41, 5.74) is 0.429. The predicted octanol–water partition coefficient (Wildman–Crippen LogP) is 2.88. The fourth-order valence-corrected chi connectivity index (χ4v) is 1.12. The number of halogens is 2. The zero-order chi connectivity index (χ0) is 10.0. The molecular weight excluding hydrogens is 197 g/mol. The number of carbonyl (C=O) groups is 1. The molecule has 0 atom stereocenters. The van der Waals surface area contributed by atoms with Crippen LogP contribution in [0.4, 0.5) is 14.9 Å². The average Bonchev–Trinajstić information content (AvgIpc) is 1.99. The van der Waals surface area contributed by atoms with Gasteiger partial charge in [-0.25, -0.2) is 9.18 Å². The molecule has 13 heavy (non-hydrogen) atoms. The van der Waals surface area contributed by atoms with Gasteiger partial charge in [-0.1, -0.05) is 11.6 Å². The van der Waals surface area contributed by atoms with Crippen molar-refractivity contribution in [3.8, 4) is 0 Å². The summed E-state index contributed by atoms with van der Waals surface area (Å²) in [6.07, 6.45) is -1.27. The number of amides is 1. The quantitative estimate of drug-likeness (QED) is 0.737. The standard InChI is InChI=1S/C8H7ClFNO2/c1-4-2-5(9)7(3-6(4)10)11-8(12)13/h2-3,11H,1H3,(H,12,13). The van der Waals surface area contributed by atoms with E-state index in [0.29, 0.717) is 5.56 Å². The van der Waals surface area contributed by atoms with Gasteiger partial charge in [0.15, 0.2) is 0 Å². The molecular formula is C8H7ClFNO2. The number of benzene rings is 1. The molecule has 0 bridgehead atoms. The Kier molecular flexibility index (Phi) is 2.72. The van der Waals surface area contributed by atoms with E-state index in [4.69, 9.17) is 16.7 Å². The van der Waals surface area contributed by atoms with E-state index in [9.17, 15) is 9.18 Å². The molecule has 0 radical (unpaired) electrons. The van der Waals surface area contributed by atoms with Crippen molar-refractivity contribution in [2.45, 2.75) is 6.92 Å². The van der Waals surface area contributed by atoms with Gasteiger partial charge in [-0.3, -0.25) is 5.32 Å². The Labute approximate surface area is 79.1 Å². The highest BCUT2D eigenvalue weighted by Gasteiger charge is 2.07. The van der Waals surface area contributed by atoms with E-state index in [-0.39, 0.29) is 10.7 Å². The van der Waals surface area contributed by atoms with E-state index in [2.05, 4.69) is 0 Å². The lowest BCUT2D eigenvalue weighted by molar-refractivity contribution is 0.209. The third-order valence-corrected chi connectivity index (χ3v) is 1.80. The maximum atomic E-state index is 12.9. The average molecular weight is 204 g/mol. The number of anilines is 1. The molecule has 0 aliphatic rings. The van der Waals surface area contributed by atoms with Crippen molar-refractivity contribution in [1.82, 2.24) is 0 Å². The van der Waals surface area contributed by atoms with Crippen molar-refractivity contribution in [3.05, 3.63) is 28.5 Å². The monoisotopic (exact) mass is 203 g/mol. The maximum Gasteiger partial charge on any atom is 0.409 e. The molecule has 0 unspecified atom stereocenters. The maximum absolute atomic E-state index is 12.9. The molecule has 1 rings (SSSR count). The van der Waals surface area contributed by atoms with Crippen molar-refractivity contribution in [2.24, 2.45) is 0 Å². The molecule has 2 N–H and O–H groups in total. The molecule has 0 heterocycles. The molecule has 0 saturated heterocycles. The zero-order valence-corrected chi connectivity index (χ0v) is 7.52. The van der Waals surface area contributed by atoms with Gasteiger partial charge in [0.2, 0.25) is 0 Å². The fourth-order valence-electron chi connectivity index (χ4n) is 0.857. The van der Waals surface area contributed by atoms with Crippen LogP contribution in [0.1, 0.15) is 5.56 Å². The summed E-state index contributed by atoms with van der Waals surface area (Å²) >= 11 is 5.65. The molecule has 0 aromatic heterocycles. The van der Waals surface area contributed by atoms with Gasteiger partial charge in [0.1, 0.15) is 5.82 Å². The van der Waals surface area contributed by atoms with E-state index in [1.807, 2.05) is 5.32 Å². The van der Waals surface area contributed by atoms with Gasteiger partial charge in [-0.15, -0.1) is 0 Å². The summed E-state index contributed by atoms with van der Waals surface area (Å²) in [6.45, 7) is 1.55. The Morgan fingerprint density at radius 1 is 1.62 bits per heavy atom. The van der Waals surface area contributed by atoms with Gasteiger partial charge in [0.05, 0.1) is 10.7 Å². The summed E-state index contributed by atoms with van der Waals surface area (Å²) in [6, 6.07) is 2.41. The van der Waals surface area contributed by atoms with Crippen molar-refractivity contribution < 1.29 is 14.3 Å². The van der Waals surface area contributed by atoms with Gasteiger partial charge in [0.25, 0.3) is 0 Å². The van der Waals surface area contributed by atoms with Crippen molar-refractivity contribution in [1.29, 1.82) is 0 Å². The predicted molar refractivity (Wildman–Crippen MR) is 47.8 cm³/mol. The summed E-state index contributed by atoms with van der Waals surface area (Å²) in [5.74, 6) is -0.492. The lowest BCUT2D eigenvalue weighted by Gasteiger charge is -2.05. The highest BCUT2D eigenvalue weighted by molar-refractivity contribution is 6.33. The zero-order valence-electron chi connectivity index (χ0n) is 6.77. The van der Waals surface area contributed by atoms with Gasteiger partial charge in [0, 0.05) is 0 Å². The fraction of sp³-hybridized carbons (Fsp3) is 0.125. The topological polar surface area (TPSA) is 49.3 Å². The molecule has 70 valence electrons. The van der Waals surface area contributed by atoms with Crippen LogP contribution in [0.15, 0.2) is 12.1 Å².